The van der Waals surface area contributed by atoms with Gasteiger partial charge in [0.1, 0.15) is 0 Å². The van der Waals surface area contributed by atoms with Gasteiger partial charge in [-0.25, -0.2) is 5.10 Å². The quantitative estimate of drug-likeness (QED) is 0.908. The van der Waals surface area contributed by atoms with Crippen LogP contribution in [0, 0.1) is 12.8 Å². The second-order valence-corrected chi connectivity index (χ2v) is 5.46. The molecule has 0 atom stereocenters. The first kappa shape index (κ1) is 13.5. The smallest absolute Gasteiger partial charge is 0.264 e. The topological polar surface area (TPSA) is 74.8 Å². The molecule has 1 fully saturated rings. The van der Waals surface area contributed by atoms with Crippen molar-refractivity contribution in [2.75, 3.05) is 5.32 Å². The van der Waals surface area contributed by atoms with Gasteiger partial charge in [-0.15, -0.1) is 0 Å². The maximum atomic E-state index is 11.9. The highest BCUT2D eigenvalue weighted by Gasteiger charge is 2.25. The van der Waals surface area contributed by atoms with E-state index in [1.807, 2.05) is 31.2 Å². The van der Waals surface area contributed by atoms with Crippen LogP contribution < -0.4 is 10.9 Å². The molecule has 0 bridgehead atoms. The van der Waals surface area contributed by atoms with Crippen molar-refractivity contribution in [1.29, 1.82) is 0 Å². The molecule has 1 heterocycles. The number of hydrogen-bond donors (Lipinski definition) is 2. The van der Waals surface area contributed by atoms with E-state index in [-0.39, 0.29) is 17.4 Å². The number of amides is 1. The first-order chi connectivity index (χ1) is 10.1. The van der Waals surface area contributed by atoms with Crippen molar-refractivity contribution in [3.05, 3.63) is 46.2 Å². The van der Waals surface area contributed by atoms with E-state index in [0.717, 1.165) is 41.8 Å². The maximum Gasteiger partial charge on any atom is 0.264 e. The molecule has 21 heavy (non-hydrogen) atoms. The largest absolute Gasteiger partial charge is 0.326 e. The number of benzene rings is 1. The number of aryl methyl sites for hydroxylation is 1. The minimum Gasteiger partial charge on any atom is -0.326 e. The summed E-state index contributed by atoms with van der Waals surface area (Å²) in [4.78, 5) is 23.1. The van der Waals surface area contributed by atoms with Crippen LogP contribution in [0.15, 0.2) is 35.1 Å². The molecule has 2 N–H and O–H groups in total. The first-order valence-corrected chi connectivity index (χ1v) is 7.11. The summed E-state index contributed by atoms with van der Waals surface area (Å²) in [6.07, 6.45) is 3.13. The average molecular weight is 283 g/mol. The molecular formula is C16H17N3O2. The van der Waals surface area contributed by atoms with E-state index in [1.54, 1.807) is 0 Å². The van der Waals surface area contributed by atoms with Crippen molar-refractivity contribution in [3.63, 3.8) is 0 Å². The Bertz CT molecular complexity index is 715. The number of hydrogen-bond acceptors (Lipinski definition) is 3. The molecule has 3 rings (SSSR count). The van der Waals surface area contributed by atoms with Gasteiger partial charge in [-0.2, -0.15) is 5.10 Å². The molecule has 0 spiro atoms. The molecule has 1 saturated carbocycles. The number of nitrogens with one attached hydrogen (secondary N) is 2. The summed E-state index contributed by atoms with van der Waals surface area (Å²) in [6.45, 7) is 1.85. The van der Waals surface area contributed by atoms with Gasteiger partial charge in [-0.1, -0.05) is 18.6 Å². The summed E-state index contributed by atoms with van der Waals surface area (Å²) in [5, 5.41) is 9.43. The second kappa shape index (κ2) is 5.52. The van der Waals surface area contributed by atoms with Gasteiger partial charge in [0.15, 0.2) is 0 Å². The monoisotopic (exact) mass is 283 g/mol. The van der Waals surface area contributed by atoms with Crippen LogP contribution >= 0.6 is 0 Å². The third-order valence-corrected chi connectivity index (χ3v) is 3.90. The molecule has 0 aliphatic heterocycles. The number of anilines is 1. The third kappa shape index (κ3) is 2.86. The van der Waals surface area contributed by atoms with Crippen LogP contribution in [-0.2, 0) is 4.79 Å². The Kier molecular flexibility index (Phi) is 3.56. The van der Waals surface area contributed by atoms with Gasteiger partial charge in [0.2, 0.25) is 5.91 Å². The lowest BCUT2D eigenvalue weighted by atomic mass is 9.85. The van der Waals surface area contributed by atoms with Crippen molar-refractivity contribution >= 4 is 11.6 Å². The number of H-pyrrole nitrogens is 1. The summed E-state index contributed by atoms with van der Waals surface area (Å²) in [7, 11) is 0. The molecule has 1 aliphatic carbocycles. The number of aromatic amines is 1. The molecule has 1 amide bonds. The lowest BCUT2D eigenvalue weighted by Crippen LogP contribution is -2.27. The van der Waals surface area contributed by atoms with Crippen LogP contribution in [0.4, 0.5) is 5.69 Å². The van der Waals surface area contributed by atoms with Crippen LogP contribution in [0.2, 0.25) is 0 Å². The molecule has 1 aromatic heterocycles. The Morgan fingerprint density at radius 2 is 2.00 bits per heavy atom. The maximum absolute atomic E-state index is 11.9. The molecule has 5 heteroatoms. The lowest BCUT2D eigenvalue weighted by Gasteiger charge is -2.24. The SMILES string of the molecule is Cc1cc(=O)[nH]nc1-c1ccc(NC(=O)C2CCC2)cc1. The number of nitrogens with zero attached hydrogens (tertiary/aromatic N) is 1. The predicted molar refractivity (Wildman–Crippen MR) is 81.0 cm³/mol. The van der Waals surface area contributed by atoms with Crippen molar-refractivity contribution in [2.24, 2.45) is 5.92 Å². The second-order valence-electron chi connectivity index (χ2n) is 5.46. The summed E-state index contributed by atoms with van der Waals surface area (Å²) in [5.41, 5.74) is 3.06. The van der Waals surface area contributed by atoms with Crippen molar-refractivity contribution in [3.8, 4) is 11.3 Å². The van der Waals surface area contributed by atoms with E-state index >= 15 is 0 Å². The van der Waals surface area contributed by atoms with Gasteiger partial charge in [0, 0.05) is 23.2 Å². The van der Waals surface area contributed by atoms with Crippen LogP contribution in [0.1, 0.15) is 24.8 Å². The Hall–Kier alpha value is -2.43. The molecule has 1 aliphatic rings. The van der Waals surface area contributed by atoms with Crippen LogP contribution in [0.25, 0.3) is 11.3 Å². The number of carbonyl (C=O) groups excluding carboxylic acids is 1. The highest BCUT2D eigenvalue weighted by atomic mass is 16.2. The molecule has 1 aromatic carbocycles. The number of aromatic nitrogens is 2. The van der Waals surface area contributed by atoms with E-state index < -0.39 is 0 Å². The van der Waals surface area contributed by atoms with Gasteiger partial charge in [-0.3, -0.25) is 9.59 Å². The van der Waals surface area contributed by atoms with Gasteiger partial charge in [0.25, 0.3) is 5.56 Å². The molecule has 108 valence electrons. The fourth-order valence-electron chi connectivity index (χ4n) is 2.41. The van der Waals surface area contributed by atoms with Crippen LogP contribution in [-0.4, -0.2) is 16.1 Å². The lowest BCUT2D eigenvalue weighted by molar-refractivity contribution is -0.122. The van der Waals surface area contributed by atoms with Crippen molar-refractivity contribution in [2.45, 2.75) is 26.2 Å². The first-order valence-electron chi connectivity index (χ1n) is 7.11. The zero-order chi connectivity index (χ0) is 14.8. The molecule has 0 unspecified atom stereocenters. The molecular weight excluding hydrogens is 266 g/mol. The molecule has 0 radical (unpaired) electrons. The standard InChI is InChI=1S/C16H17N3O2/c1-10-9-14(20)18-19-15(10)11-5-7-13(8-6-11)17-16(21)12-3-2-4-12/h5-9,12H,2-4H2,1H3,(H,17,21)(H,18,20). The molecule has 5 nitrogen and oxygen atoms in total. The van der Waals surface area contributed by atoms with Crippen molar-refractivity contribution < 1.29 is 4.79 Å². The summed E-state index contributed by atoms with van der Waals surface area (Å²) in [6, 6.07) is 9.03. The van der Waals surface area contributed by atoms with Crippen LogP contribution in [0.3, 0.4) is 0 Å². The summed E-state index contributed by atoms with van der Waals surface area (Å²) >= 11 is 0. The predicted octanol–water partition coefficient (Wildman–Crippen LogP) is 2.48. The fraction of sp³-hybridized carbons (Fsp3) is 0.312. The number of carbonyl (C=O) groups is 1. The average Bonchev–Trinajstić information content (AvgIpc) is 2.38. The highest BCUT2D eigenvalue weighted by Crippen LogP contribution is 2.28. The molecule has 0 saturated heterocycles. The minimum atomic E-state index is -0.208. The van der Waals surface area contributed by atoms with E-state index in [4.69, 9.17) is 0 Å². The van der Waals surface area contributed by atoms with E-state index in [9.17, 15) is 9.59 Å². The Balaban J connectivity index is 1.77. The van der Waals surface area contributed by atoms with Gasteiger partial charge < -0.3 is 5.32 Å². The van der Waals surface area contributed by atoms with Crippen molar-refractivity contribution in [1.82, 2.24) is 10.2 Å². The highest BCUT2D eigenvalue weighted by molar-refractivity contribution is 5.93. The fourth-order valence-corrected chi connectivity index (χ4v) is 2.41. The van der Waals surface area contributed by atoms with E-state index in [0.29, 0.717) is 0 Å². The zero-order valence-corrected chi connectivity index (χ0v) is 11.8. The van der Waals surface area contributed by atoms with E-state index in [2.05, 4.69) is 15.5 Å². The molecule has 2 aromatic rings. The minimum absolute atomic E-state index is 0.104. The summed E-state index contributed by atoms with van der Waals surface area (Å²) < 4.78 is 0. The van der Waals surface area contributed by atoms with Crippen LogP contribution in [0.5, 0.6) is 0 Å². The van der Waals surface area contributed by atoms with Gasteiger partial charge in [-0.05, 0) is 37.5 Å². The van der Waals surface area contributed by atoms with E-state index in [1.165, 1.54) is 6.07 Å². The Morgan fingerprint density at radius 1 is 1.29 bits per heavy atom. The normalized spacial score (nSPS) is 14.5. The third-order valence-electron chi connectivity index (χ3n) is 3.90. The zero-order valence-electron chi connectivity index (χ0n) is 11.8. The number of rotatable bonds is 3. The summed E-state index contributed by atoms with van der Waals surface area (Å²) in [5.74, 6) is 0.278. The Labute approximate surface area is 122 Å². The van der Waals surface area contributed by atoms with Gasteiger partial charge >= 0.3 is 0 Å². The van der Waals surface area contributed by atoms with Gasteiger partial charge in [0.05, 0.1) is 5.69 Å². The Morgan fingerprint density at radius 3 is 2.57 bits per heavy atom.